The van der Waals surface area contributed by atoms with Crippen LogP contribution in [0.15, 0.2) is 42.1 Å². The standard InChI is InChI=1S/C26H32FN5O2/c1-3-17-5-10-21(22-16-29-32(24(22)15-17)20-8-6-19(27)7-9-20)25(33)30-23(4-2)18-11-13-31(14-12-18)26(28)34/h6-10,15-16,18,23H,3-5,11-14H2,1-2H3,(H2,28,34)(H,30,33). The van der Waals surface area contributed by atoms with Crippen LogP contribution >= 0.6 is 0 Å². The lowest BCUT2D eigenvalue weighted by Crippen LogP contribution is -2.47. The molecule has 0 bridgehead atoms. The summed E-state index contributed by atoms with van der Waals surface area (Å²) in [6.45, 7) is 5.40. The van der Waals surface area contributed by atoms with Gasteiger partial charge in [0.2, 0.25) is 0 Å². The second-order valence-corrected chi connectivity index (χ2v) is 8.96. The summed E-state index contributed by atoms with van der Waals surface area (Å²) >= 11 is 0. The minimum absolute atomic E-state index is 0.0147. The van der Waals surface area contributed by atoms with Gasteiger partial charge in [0, 0.05) is 30.3 Å². The molecule has 4 rings (SSSR count). The molecule has 2 aromatic rings. The highest BCUT2D eigenvalue weighted by Crippen LogP contribution is 2.31. The van der Waals surface area contributed by atoms with Crippen LogP contribution in [-0.4, -0.2) is 45.8 Å². The van der Waals surface area contributed by atoms with E-state index in [9.17, 15) is 14.0 Å². The Labute approximate surface area is 199 Å². The number of allylic oxidation sites excluding steroid dienone is 2. The number of carbonyl (C=O) groups excluding carboxylic acids is 2. The van der Waals surface area contributed by atoms with Gasteiger partial charge in [-0.3, -0.25) is 4.79 Å². The van der Waals surface area contributed by atoms with Crippen molar-refractivity contribution in [2.75, 3.05) is 13.1 Å². The molecule has 1 aromatic carbocycles. The predicted molar refractivity (Wildman–Crippen MR) is 130 cm³/mol. The topological polar surface area (TPSA) is 93.2 Å². The lowest BCUT2D eigenvalue weighted by atomic mass is 9.87. The molecule has 1 aromatic heterocycles. The second-order valence-electron chi connectivity index (χ2n) is 8.96. The molecule has 1 aliphatic carbocycles. The number of rotatable bonds is 6. The average Bonchev–Trinajstić information content (AvgIpc) is 3.15. The summed E-state index contributed by atoms with van der Waals surface area (Å²) in [5.74, 6) is -0.129. The molecular formula is C26H32FN5O2. The lowest BCUT2D eigenvalue weighted by Gasteiger charge is -2.35. The van der Waals surface area contributed by atoms with Gasteiger partial charge in [-0.05, 0) is 68.4 Å². The van der Waals surface area contributed by atoms with Crippen molar-refractivity contribution in [2.24, 2.45) is 11.7 Å². The van der Waals surface area contributed by atoms with E-state index in [1.165, 1.54) is 17.7 Å². The van der Waals surface area contributed by atoms with Crippen LogP contribution in [0.4, 0.5) is 9.18 Å². The first-order valence-electron chi connectivity index (χ1n) is 12.0. The van der Waals surface area contributed by atoms with Crippen molar-refractivity contribution >= 4 is 23.6 Å². The number of carbonyl (C=O) groups is 2. The van der Waals surface area contributed by atoms with Gasteiger partial charge in [-0.25, -0.2) is 13.9 Å². The maximum atomic E-state index is 13.5. The molecule has 2 heterocycles. The number of nitrogens with two attached hydrogens (primary N) is 1. The number of likely N-dealkylation sites (tertiary alicyclic amines) is 1. The summed E-state index contributed by atoms with van der Waals surface area (Å²) in [7, 11) is 0. The molecule has 0 spiro atoms. The first-order valence-corrected chi connectivity index (χ1v) is 12.0. The molecule has 1 unspecified atom stereocenters. The predicted octanol–water partition coefficient (Wildman–Crippen LogP) is 4.28. The van der Waals surface area contributed by atoms with Crippen LogP contribution in [-0.2, 0) is 4.79 Å². The molecule has 1 fully saturated rings. The molecule has 1 saturated heterocycles. The first kappa shape index (κ1) is 23.7. The summed E-state index contributed by atoms with van der Waals surface area (Å²) in [4.78, 5) is 26.6. The zero-order valence-electron chi connectivity index (χ0n) is 19.8. The van der Waals surface area contributed by atoms with Crippen LogP contribution in [0.3, 0.4) is 0 Å². The molecule has 3 N–H and O–H groups in total. The smallest absolute Gasteiger partial charge is 0.314 e. The van der Waals surface area contributed by atoms with Crippen molar-refractivity contribution in [3.8, 4) is 5.69 Å². The van der Waals surface area contributed by atoms with Gasteiger partial charge in [-0.15, -0.1) is 0 Å². The summed E-state index contributed by atoms with van der Waals surface area (Å²) in [6.07, 6.45) is 9.76. The maximum Gasteiger partial charge on any atom is 0.314 e. The fourth-order valence-corrected chi connectivity index (χ4v) is 4.87. The van der Waals surface area contributed by atoms with E-state index in [1.807, 2.05) is 6.08 Å². The zero-order chi connectivity index (χ0) is 24.2. The van der Waals surface area contributed by atoms with E-state index in [4.69, 9.17) is 5.73 Å². The van der Waals surface area contributed by atoms with Gasteiger partial charge in [-0.1, -0.05) is 25.5 Å². The Hall–Kier alpha value is -3.42. The molecule has 34 heavy (non-hydrogen) atoms. The number of fused-ring (bicyclic) bond motifs is 1. The number of amides is 3. The Morgan fingerprint density at radius 3 is 2.53 bits per heavy atom. The van der Waals surface area contributed by atoms with Gasteiger partial charge in [-0.2, -0.15) is 5.10 Å². The molecule has 2 aliphatic rings. The number of hydrogen-bond acceptors (Lipinski definition) is 3. The van der Waals surface area contributed by atoms with Crippen molar-refractivity contribution in [3.63, 3.8) is 0 Å². The molecule has 1 aliphatic heterocycles. The molecule has 7 nitrogen and oxygen atoms in total. The third kappa shape index (κ3) is 4.90. The van der Waals surface area contributed by atoms with E-state index in [-0.39, 0.29) is 23.8 Å². The van der Waals surface area contributed by atoms with E-state index in [1.54, 1.807) is 27.9 Å². The summed E-state index contributed by atoms with van der Waals surface area (Å²) < 4.78 is 15.2. The van der Waals surface area contributed by atoms with Crippen LogP contribution in [0.25, 0.3) is 17.3 Å². The van der Waals surface area contributed by atoms with E-state index >= 15 is 0 Å². The van der Waals surface area contributed by atoms with Crippen molar-refractivity contribution in [1.29, 1.82) is 0 Å². The van der Waals surface area contributed by atoms with Crippen LogP contribution in [0.2, 0.25) is 0 Å². The van der Waals surface area contributed by atoms with Crippen molar-refractivity contribution in [2.45, 2.75) is 52.0 Å². The Bertz CT molecular complexity index is 1110. The second kappa shape index (κ2) is 10.2. The number of benzene rings is 1. The number of urea groups is 1. The van der Waals surface area contributed by atoms with E-state index < -0.39 is 0 Å². The van der Waals surface area contributed by atoms with Gasteiger partial charge < -0.3 is 16.0 Å². The van der Waals surface area contributed by atoms with Crippen LogP contribution in [0.5, 0.6) is 0 Å². The Kier molecular flexibility index (Phi) is 7.14. The van der Waals surface area contributed by atoms with E-state index in [0.29, 0.717) is 31.0 Å². The third-order valence-corrected chi connectivity index (χ3v) is 6.95. The number of nitrogens with one attached hydrogen (secondary N) is 1. The minimum atomic E-state index is -0.385. The summed E-state index contributed by atoms with van der Waals surface area (Å²) in [5, 5.41) is 7.79. The number of piperidine rings is 1. The summed E-state index contributed by atoms with van der Waals surface area (Å²) in [5.41, 5.74) is 9.54. The van der Waals surface area contributed by atoms with Gasteiger partial charge in [0.15, 0.2) is 0 Å². The monoisotopic (exact) mass is 465 g/mol. The highest BCUT2D eigenvalue weighted by atomic mass is 19.1. The highest BCUT2D eigenvalue weighted by Gasteiger charge is 2.30. The minimum Gasteiger partial charge on any atom is -0.351 e. The SMILES string of the molecule is CCC1=Cc2c(cnn2-c2ccc(F)cc2)C(C(=O)NC(CC)C2CCN(C(N)=O)CC2)=CC1. The van der Waals surface area contributed by atoms with E-state index in [0.717, 1.165) is 42.6 Å². The average molecular weight is 466 g/mol. The van der Waals surface area contributed by atoms with Gasteiger partial charge in [0.1, 0.15) is 5.82 Å². The first-order chi connectivity index (χ1) is 16.4. The molecule has 8 heteroatoms. The van der Waals surface area contributed by atoms with Crippen molar-refractivity contribution in [3.05, 3.63) is 59.2 Å². The van der Waals surface area contributed by atoms with Gasteiger partial charge >= 0.3 is 6.03 Å². The molecule has 0 saturated carbocycles. The van der Waals surface area contributed by atoms with Crippen molar-refractivity contribution < 1.29 is 14.0 Å². The number of aromatic nitrogens is 2. The number of primary amides is 1. The van der Waals surface area contributed by atoms with Crippen molar-refractivity contribution in [1.82, 2.24) is 20.0 Å². The Balaban J connectivity index is 1.58. The third-order valence-electron chi connectivity index (χ3n) is 6.95. The Morgan fingerprint density at radius 1 is 1.21 bits per heavy atom. The highest BCUT2D eigenvalue weighted by molar-refractivity contribution is 6.20. The molecule has 1 atom stereocenters. The zero-order valence-corrected chi connectivity index (χ0v) is 19.8. The molecule has 180 valence electrons. The van der Waals surface area contributed by atoms with Gasteiger partial charge in [0.25, 0.3) is 5.91 Å². The van der Waals surface area contributed by atoms with Crippen LogP contribution in [0, 0.1) is 11.7 Å². The summed E-state index contributed by atoms with van der Waals surface area (Å²) in [6, 6.07) is 5.81. The lowest BCUT2D eigenvalue weighted by molar-refractivity contribution is -0.116. The van der Waals surface area contributed by atoms with Gasteiger partial charge in [0.05, 0.1) is 17.6 Å². The largest absolute Gasteiger partial charge is 0.351 e. The quantitative estimate of drug-likeness (QED) is 0.667. The molecule has 3 amide bonds. The van der Waals surface area contributed by atoms with Crippen LogP contribution < -0.4 is 11.1 Å². The number of halogens is 1. The fraction of sp³-hybridized carbons (Fsp3) is 0.423. The number of nitrogens with zero attached hydrogens (tertiary/aromatic N) is 3. The molecular weight excluding hydrogens is 433 g/mol. The number of hydrogen-bond donors (Lipinski definition) is 2. The van der Waals surface area contributed by atoms with Crippen LogP contribution in [0.1, 0.15) is 57.2 Å². The maximum absolute atomic E-state index is 13.5. The normalized spacial score (nSPS) is 17.3. The molecule has 0 radical (unpaired) electrons. The fourth-order valence-electron chi connectivity index (χ4n) is 4.87. The Morgan fingerprint density at radius 2 is 1.91 bits per heavy atom. The van der Waals surface area contributed by atoms with E-state index in [2.05, 4.69) is 30.3 Å².